The molecule has 1 amide bonds. The smallest absolute Gasteiger partial charge is 0.224 e. The van der Waals surface area contributed by atoms with Gasteiger partial charge in [-0.1, -0.05) is 0 Å². The lowest BCUT2D eigenvalue weighted by Gasteiger charge is -2.07. The molecule has 0 radical (unpaired) electrons. The molecule has 72 valence electrons. The Morgan fingerprint density at radius 2 is 2.36 bits per heavy atom. The Hall–Kier alpha value is -1.84. The first-order valence-corrected chi connectivity index (χ1v) is 4.41. The Morgan fingerprint density at radius 1 is 1.57 bits per heavy atom. The second-order valence-corrected chi connectivity index (χ2v) is 3.28. The van der Waals surface area contributed by atoms with Crippen molar-refractivity contribution in [2.45, 2.75) is 12.8 Å². The predicted molar refractivity (Wildman–Crippen MR) is 52.8 cm³/mol. The van der Waals surface area contributed by atoms with E-state index in [1.807, 2.05) is 24.4 Å². The summed E-state index contributed by atoms with van der Waals surface area (Å²) in [6.07, 6.45) is 3.54. The van der Waals surface area contributed by atoms with Gasteiger partial charge in [0, 0.05) is 12.4 Å². The zero-order valence-electron chi connectivity index (χ0n) is 7.84. The van der Waals surface area contributed by atoms with Crippen molar-refractivity contribution in [2.75, 3.05) is 0 Å². The van der Waals surface area contributed by atoms with Gasteiger partial charge in [0.1, 0.15) is 0 Å². The molecule has 0 spiro atoms. The molecule has 0 bridgehead atoms. The van der Waals surface area contributed by atoms with E-state index in [2.05, 4.69) is 5.10 Å². The largest absolute Gasteiger partial charge is 0.369 e. The van der Waals surface area contributed by atoms with Gasteiger partial charge in [-0.2, -0.15) is 5.10 Å². The van der Waals surface area contributed by atoms with Crippen LogP contribution < -0.4 is 5.73 Å². The topological polar surface area (TPSA) is 60.4 Å². The van der Waals surface area contributed by atoms with Gasteiger partial charge in [0.2, 0.25) is 5.91 Å². The summed E-state index contributed by atoms with van der Waals surface area (Å²) in [6.45, 7) is 1.80. The maximum Gasteiger partial charge on any atom is 0.224 e. The number of hydrogen-bond acceptors (Lipinski definition) is 2. The average molecular weight is 189 g/mol. The van der Waals surface area contributed by atoms with E-state index in [0.29, 0.717) is 0 Å². The lowest BCUT2D eigenvalue weighted by molar-refractivity contribution is -0.119. The van der Waals surface area contributed by atoms with Gasteiger partial charge >= 0.3 is 0 Å². The zero-order chi connectivity index (χ0) is 10.1. The van der Waals surface area contributed by atoms with Crippen LogP contribution in [0.3, 0.4) is 0 Å². The molecule has 4 heteroatoms. The summed E-state index contributed by atoms with van der Waals surface area (Å²) < 4.78 is 1.75. The first-order valence-electron chi connectivity index (χ1n) is 4.41. The third-order valence-electron chi connectivity index (χ3n) is 2.35. The van der Waals surface area contributed by atoms with Crippen molar-refractivity contribution in [2.24, 2.45) is 5.73 Å². The molecule has 0 aliphatic heterocycles. The highest BCUT2D eigenvalue weighted by Crippen LogP contribution is 2.16. The molecular weight excluding hydrogens is 178 g/mol. The fourth-order valence-corrected chi connectivity index (χ4v) is 1.37. The number of fused-ring (bicyclic) bond motifs is 1. The molecule has 14 heavy (non-hydrogen) atoms. The van der Waals surface area contributed by atoms with E-state index in [0.717, 1.165) is 11.1 Å². The lowest BCUT2D eigenvalue weighted by atomic mass is 10.0. The van der Waals surface area contributed by atoms with E-state index in [1.165, 1.54) is 0 Å². The van der Waals surface area contributed by atoms with Crippen LogP contribution in [0.25, 0.3) is 5.52 Å². The highest BCUT2D eigenvalue weighted by atomic mass is 16.1. The molecule has 2 N–H and O–H groups in total. The molecule has 2 rings (SSSR count). The molecule has 4 nitrogen and oxygen atoms in total. The second kappa shape index (κ2) is 3.14. The highest BCUT2D eigenvalue weighted by molar-refractivity contribution is 5.81. The molecule has 0 saturated carbocycles. The molecule has 1 atom stereocenters. The minimum Gasteiger partial charge on any atom is -0.369 e. The summed E-state index contributed by atoms with van der Waals surface area (Å²) in [5.41, 5.74) is 7.12. The molecule has 2 heterocycles. The van der Waals surface area contributed by atoms with Crippen molar-refractivity contribution in [3.8, 4) is 0 Å². The van der Waals surface area contributed by atoms with Gasteiger partial charge in [0.05, 0.1) is 11.4 Å². The maximum absolute atomic E-state index is 11.0. The first-order chi connectivity index (χ1) is 6.68. The zero-order valence-corrected chi connectivity index (χ0v) is 7.84. The first kappa shape index (κ1) is 8.74. The number of nitrogens with two attached hydrogens (primary N) is 1. The van der Waals surface area contributed by atoms with Gasteiger partial charge in [0.25, 0.3) is 0 Å². The van der Waals surface area contributed by atoms with Crippen LogP contribution in [-0.2, 0) is 4.79 Å². The van der Waals surface area contributed by atoms with E-state index in [-0.39, 0.29) is 11.8 Å². The van der Waals surface area contributed by atoms with Crippen molar-refractivity contribution in [1.29, 1.82) is 0 Å². The molecule has 2 aromatic rings. The Bertz CT molecular complexity index is 475. The summed E-state index contributed by atoms with van der Waals surface area (Å²) in [6, 6.07) is 5.66. The normalized spacial score (nSPS) is 12.9. The molecule has 0 aromatic carbocycles. The van der Waals surface area contributed by atoms with Crippen molar-refractivity contribution in [3.05, 3.63) is 36.2 Å². The second-order valence-electron chi connectivity index (χ2n) is 3.28. The molecular formula is C10H11N3O. The number of aromatic nitrogens is 2. The van der Waals surface area contributed by atoms with E-state index in [1.54, 1.807) is 17.6 Å². The number of primary amides is 1. The quantitative estimate of drug-likeness (QED) is 0.763. The van der Waals surface area contributed by atoms with Crippen molar-refractivity contribution < 1.29 is 4.79 Å². The summed E-state index contributed by atoms with van der Waals surface area (Å²) in [5.74, 6) is -0.566. The van der Waals surface area contributed by atoms with E-state index >= 15 is 0 Å². The van der Waals surface area contributed by atoms with Crippen LogP contribution in [0, 0.1) is 0 Å². The van der Waals surface area contributed by atoms with E-state index in [9.17, 15) is 4.79 Å². The van der Waals surface area contributed by atoms with Crippen LogP contribution in [0.15, 0.2) is 30.6 Å². The Balaban J connectivity index is 2.48. The minimum absolute atomic E-state index is 0.255. The van der Waals surface area contributed by atoms with Gasteiger partial charge in [-0.05, 0) is 30.7 Å². The predicted octanol–water partition coefficient (Wildman–Crippen LogP) is 0.923. The van der Waals surface area contributed by atoms with Crippen molar-refractivity contribution in [1.82, 2.24) is 9.61 Å². The molecule has 0 fully saturated rings. The number of amides is 1. The van der Waals surface area contributed by atoms with Crippen LogP contribution in [0.4, 0.5) is 0 Å². The number of pyridine rings is 1. The highest BCUT2D eigenvalue weighted by Gasteiger charge is 2.11. The standard InChI is InChI=1S/C10H11N3O/c1-7(10(11)14)8-3-5-13-9(6-8)2-4-12-13/h2-7H,1H3,(H2,11,14). The Labute approximate surface area is 81.3 Å². The van der Waals surface area contributed by atoms with E-state index in [4.69, 9.17) is 5.73 Å². The average Bonchev–Trinajstić information content (AvgIpc) is 2.62. The van der Waals surface area contributed by atoms with Crippen LogP contribution >= 0.6 is 0 Å². The molecule has 0 saturated heterocycles. The van der Waals surface area contributed by atoms with Crippen LogP contribution in [0.2, 0.25) is 0 Å². The monoisotopic (exact) mass is 189 g/mol. The summed E-state index contributed by atoms with van der Waals surface area (Å²) >= 11 is 0. The van der Waals surface area contributed by atoms with Crippen LogP contribution in [-0.4, -0.2) is 15.5 Å². The van der Waals surface area contributed by atoms with Crippen LogP contribution in [0.1, 0.15) is 18.4 Å². The minimum atomic E-state index is -0.311. The summed E-state index contributed by atoms with van der Waals surface area (Å²) in [5, 5.41) is 4.06. The number of carbonyl (C=O) groups is 1. The van der Waals surface area contributed by atoms with Crippen LogP contribution in [0.5, 0.6) is 0 Å². The SMILES string of the molecule is CC(C(N)=O)c1ccn2nccc2c1. The van der Waals surface area contributed by atoms with Crippen molar-refractivity contribution >= 4 is 11.4 Å². The molecule has 1 unspecified atom stereocenters. The molecule has 2 aromatic heterocycles. The Morgan fingerprint density at radius 3 is 3.07 bits per heavy atom. The third-order valence-corrected chi connectivity index (χ3v) is 2.35. The number of hydrogen-bond donors (Lipinski definition) is 1. The fraction of sp³-hybridized carbons (Fsp3) is 0.200. The van der Waals surface area contributed by atoms with Crippen molar-refractivity contribution in [3.63, 3.8) is 0 Å². The molecule has 0 aliphatic carbocycles. The van der Waals surface area contributed by atoms with Gasteiger partial charge in [-0.15, -0.1) is 0 Å². The summed E-state index contributed by atoms with van der Waals surface area (Å²) in [7, 11) is 0. The number of carbonyl (C=O) groups excluding carboxylic acids is 1. The van der Waals surface area contributed by atoms with Gasteiger partial charge in [-0.3, -0.25) is 4.79 Å². The summed E-state index contributed by atoms with van der Waals surface area (Å²) in [4.78, 5) is 11.0. The molecule has 0 aliphatic rings. The third kappa shape index (κ3) is 1.35. The van der Waals surface area contributed by atoms with Gasteiger partial charge < -0.3 is 5.73 Å². The number of rotatable bonds is 2. The van der Waals surface area contributed by atoms with Gasteiger partial charge in [-0.25, -0.2) is 4.52 Å². The van der Waals surface area contributed by atoms with E-state index < -0.39 is 0 Å². The lowest BCUT2D eigenvalue weighted by Crippen LogP contribution is -2.18. The number of nitrogens with zero attached hydrogens (tertiary/aromatic N) is 2. The van der Waals surface area contributed by atoms with Gasteiger partial charge in [0.15, 0.2) is 0 Å². The maximum atomic E-state index is 11.0. The fourth-order valence-electron chi connectivity index (χ4n) is 1.37. The Kier molecular flexibility index (Phi) is 1.96.